The van der Waals surface area contributed by atoms with Crippen molar-refractivity contribution in [3.8, 4) is 17.0 Å². The van der Waals surface area contributed by atoms with Gasteiger partial charge in [0, 0.05) is 29.7 Å². The van der Waals surface area contributed by atoms with E-state index in [0.29, 0.717) is 17.3 Å². The first-order valence-electron chi connectivity index (χ1n) is 10.2. The Morgan fingerprint density at radius 3 is 2.14 bits per heavy atom. The second-order valence-electron chi connectivity index (χ2n) is 9.56. The molecule has 0 spiro atoms. The summed E-state index contributed by atoms with van der Waals surface area (Å²) in [6.45, 7) is 9.02. The van der Waals surface area contributed by atoms with Crippen molar-refractivity contribution in [2.24, 2.45) is 0 Å². The summed E-state index contributed by atoms with van der Waals surface area (Å²) in [7, 11) is 2.10. The van der Waals surface area contributed by atoms with Crippen LogP contribution in [0.3, 0.4) is 0 Å². The average Bonchev–Trinajstić information content (AvgIpc) is 2.64. The summed E-state index contributed by atoms with van der Waals surface area (Å²) < 4.78 is 0. The summed E-state index contributed by atoms with van der Waals surface area (Å²) in [5.74, 6) is 1.08. The van der Waals surface area contributed by atoms with Gasteiger partial charge in [-0.05, 0) is 75.6 Å². The van der Waals surface area contributed by atoms with Crippen molar-refractivity contribution < 1.29 is 5.11 Å². The largest absolute Gasteiger partial charge is 0.507 e. The minimum atomic E-state index is 0.0743. The number of phenols is 1. The normalized spacial score (nSPS) is 18.7. The Bertz CT molecular complexity index is 1010. The summed E-state index contributed by atoms with van der Waals surface area (Å²) in [6.07, 6.45) is 2.09. The molecule has 1 aromatic heterocycles. The van der Waals surface area contributed by atoms with Crippen LogP contribution < -0.4 is 10.2 Å². The van der Waals surface area contributed by atoms with Gasteiger partial charge in [0.2, 0.25) is 0 Å². The molecule has 1 saturated heterocycles. The highest BCUT2D eigenvalue weighted by molar-refractivity contribution is 5.89. The van der Waals surface area contributed by atoms with E-state index < -0.39 is 0 Å². The first-order valence-corrected chi connectivity index (χ1v) is 10.2. The fraction of sp³-hybridized carbons (Fsp3) is 0.417. The van der Waals surface area contributed by atoms with Crippen molar-refractivity contribution in [3.05, 3.63) is 48.5 Å². The number of aromatic nitrogens is 2. The van der Waals surface area contributed by atoms with Gasteiger partial charge in [-0.1, -0.05) is 24.3 Å². The average molecular weight is 391 g/mol. The lowest BCUT2D eigenvalue weighted by Crippen LogP contribution is -2.62. The molecular formula is C24H30N4O. The summed E-state index contributed by atoms with van der Waals surface area (Å²) in [5, 5.41) is 25.2. The topological polar surface area (TPSA) is 61.3 Å². The number of nitrogens with zero attached hydrogens (tertiary/aromatic N) is 3. The Hall–Kier alpha value is -2.66. The molecule has 0 radical (unpaired) electrons. The summed E-state index contributed by atoms with van der Waals surface area (Å²) in [4.78, 5) is 2.24. The Labute approximate surface area is 172 Å². The van der Waals surface area contributed by atoms with Crippen molar-refractivity contribution in [1.29, 1.82) is 0 Å². The number of anilines is 1. The highest BCUT2D eigenvalue weighted by Crippen LogP contribution is 2.34. The van der Waals surface area contributed by atoms with Crippen LogP contribution in [0.15, 0.2) is 48.5 Å². The predicted molar refractivity (Wildman–Crippen MR) is 119 cm³/mol. The second-order valence-corrected chi connectivity index (χ2v) is 9.56. The maximum absolute atomic E-state index is 10.5. The van der Waals surface area contributed by atoms with Gasteiger partial charge in [-0.2, -0.15) is 0 Å². The van der Waals surface area contributed by atoms with Crippen LogP contribution in [-0.2, 0) is 0 Å². The zero-order valence-electron chi connectivity index (χ0n) is 17.9. The highest BCUT2D eigenvalue weighted by atomic mass is 16.3. The van der Waals surface area contributed by atoms with Crippen molar-refractivity contribution in [2.75, 3.05) is 11.9 Å². The van der Waals surface area contributed by atoms with E-state index in [1.165, 1.54) is 0 Å². The van der Waals surface area contributed by atoms with Crippen LogP contribution in [0.5, 0.6) is 5.75 Å². The van der Waals surface area contributed by atoms with E-state index in [9.17, 15) is 5.11 Å². The zero-order valence-corrected chi connectivity index (χ0v) is 17.9. The monoisotopic (exact) mass is 390 g/mol. The number of piperidine rings is 1. The maximum atomic E-state index is 10.5. The van der Waals surface area contributed by atoms with E-state index in [-0.39, 0.29) is 16.8 Å². The third kappa shape index (κ3) is 4.06. The van der Waals surface area contributed by atoms with Gasteiger partial charge in [0.05, 0.1) is 5.69 Å². The molecule has 1 aliphatic rings. The van der Waals surface area contributed by atoms with Crippen molar-refractivity contribution in [2.45, 2.75) is 57.7 Å². The third-order valence-electron chi connectivity index (χ3n) is 5.87. The molecule has 3 aromatic rings. The van der Waals surface area contributed by atoms with Gasteiger partial charge in [0.1, 0.15) is 5.75 Å². The fourth-order valence-electron chi connectivity index (χ4n) is 4.82. The minimum Gasteiger partial charge on any atom is -0.507 e. The lowest BCUT2D eigenvalue weighted by Gasteiger charge is -2.49. The number of fused-ring (bicyclic) bond motifs is 1. The molecule has 0 bridgehead atoms. The number of hydrogen-bond donors (Lipinski definition) is 2. The summed E-state index contributed by atoms with van der Waals surface area (Å²) in [6, 6.07) is 16.1. The molecule has 4 rings (SSSR count). The SMILES string of the molecule is CN(c1ccc(-c2cc3ccccc3cc2O)nn1)C1CC(C)(C)NC(C)(C)C1. The lowest BCUT2D eigenvalue weighted by molar-refractivity contribution is 0.160. The van der Waals surface area contributed by atoms with Crippen LogP contribution in [0, 0.1) is 0 Å². The van der Waals surface area contributed by atoms with E-state index in [1.54, 1.807) is 6.07 Å². The third-order valence-corrected chi connectivity index (χ3v) is 5.87. The molecule has 5 heteroatoms. The van der Waals surface area contributed by atoms with Crippen molar-refractivity contribution >= 4 is 16.6 Å². The highest BCUT2D eigenvalue weighted by Gasteiger charge is 2.39. The molecule has 1 fully saturated rings. The zero-order chi connectivity index (χ0) is 20.8. The maximum Gasteiger partial charge on any atom is 0.151 e. The molecule has 0 atom stereocenters. The lowest BCUT2D eigenvalue weighted by atomic mass is 9.79. The smallest absolute Gasteiger partial charge is 0.151 e. The van der Waals surface area contributed by atoms with E-state index >= 15 is 0 Å². The Kier molecular flexibility index (Phi) is 4.74. The molecule has 2 N–H and O–H groups in total. The molecule has 152 valence electrons. The van der Waals surface area contributed by atoms with Crippen LogP contribution in [0.25, 0.3) is 22.0 Å². The van der Waals surface area contributed by atoms with E-state index in [2.05, 4.69) is 55.2 Å². The van der Waals surface area contributed by atoms with Gasteiger partial charge in [-0.15, -0.1) is 10.2 Å². The number of nitrogens with one attached hydrogen (secondary N) is 1. The first kappa shape index (κ1) is 19.6. The van der Waals surface area contributed by atoms with E-state index in [0.717, 1.165) is 29.4 Å². The fourth-order valence-corrected chi connectivity index (χ4v) is 4.82. The molecule has 2 aromatic carbocycles. The Morgan fingerprint density at radius 1 is 0.931 bits per heavy atom. The van der Waals surface area contributed by atoms with E-state index in [4.69, 9.17) is 0 Å². The Balaban J connectivity index is 1.60. The van der Waals surface area contributed by atoms with Crippen LogP contribution in [0.1, 0.15) is 40.5 Å². The summed E-state index contributed by atoms with van der Waals surface area (Å²) in [5.41, 5.74) is 1.53. The van der Waals surface area contributed by atoms with Gasteiger partial charge >= 0.3 is 0 Å². The van der Waals surface area contributed by atoms with Crippen molar-refractivity contribution in [3.63, 3.8) is 0 Å². The van der Waals surface area contributed by atoms with Gasteiger partial charge < -0.3 is 15.3 Å². The minimum absolute atomic E-state index is 0.0743. The Morgan fingerprint density at radius 2 is 1.55 bits per heavy atom. The van der Waals surface area contributed by atoms with Crippen LogP contribution in [0.4, 0.5) is 5.82 Å². The standard InChI is InChI=1S/C24H30N4O/c1-23(2)14-18(15-24(3,4)27-23)28(5)22-11-10-20(25-26-22)19-12-16-8-6-7-9-17(16)13-21(19)29/h6-13,18,27,29H,14-15H2,1-5H3. The number of aromatic hydroxyl groups is 1. The molecule has 29 heavy (non-hydrogen) atoms. The van der Waals surface area contributed by atoms with Gasteiger partial charge in [-0.25, -0.2) is 0 Å². The number of benzene rings is 2. The van der Waals surface area contributed by atoms with Gasteiger partial charge in [-0.3, -0.25) is 0 Å². The quantitative estimate of drug-likeness (QED) is 0.676. The molecule has 1 aliphatic heterocycles. The van der Waals surface area contributed by atoms with Crippen LogP contribution in [0.2, 0.25) is 0 Å². The molecule has 0 saturated carbocycles. The molecule has 0 amide bonds. The van der Waals surface area contributed by atoms with Crippen molar-refractivity contribution in [1.82, 2.24) is 15.5 Å². The second kappa shape index (κ2) is 6.99. The summed E-state index contributed by atoms with van der Waals surface area (Å²) >= 11 is 0. The molecule has 5 nitrogen and oxygen atoms in total. The van der Waals surface area contributed by atoms with Gasteiger partial charge in [0.25, 0.3) is 0 Å². The molecule has 0 unspecified atom stereocenters. The number of phenolic OH excluding ortho intramolecular Hbond substituents is 1. The van der Waals surface area contributed by atoms with Crippen LogP contribution >= 0.6 is 0 Å². The van der Waals surface area contributed by atoms with E-state index in [1.807, 2.05) is 42.5 Å². The number of rotatable bonds is 3. The molecule has 2 heterocycles. The predicted octanol–water partition coefficient (Wildman–Crippen LogP) is 4.75. The number of hydrogen-bond acceptors (Lipinski definition) is 5. The molecule has 0 aliphatic carbocycles. The first-order chi connectivity index (χ1) is 13.6. The molecular weight excluding hydrogens is 360 g/mol. The van der Waals surface area contributed by atoms with Crippen LogP contribution in [-0.4, -0.2) is 39.5 Å². The van der Waals surface area contributed by atoms with Gasteiger partial charge in [0.15, 0.2) is 5.82 Å².